The van der Waals surface area contributed by atoms with Gasteiger partial charge in [0, 0.05) is 43.1 Å². The number of esters is 2. The minimum Gasteiger partial charge on any atom is -0.460 e. The summed E-state index contributed by atoms with van der Waals surface area (Å²) < 4.78 is 34.6. The summed E-state index contributed by atoms with van der Waals surface area (Å²) in [6, 6.07) is 0. The van der Waals surface area contributed by atoms with E-state index in [9.17, 15) is 9.59 Å². The summed E-state index contributed by atoms with van der Waals surface area (Å²) in [4.78, 5) is 23.3. The van der Waals surface area contributed by atoms with Crippen molar-refractivity contribution in [1.29, 1.82) is 0 Å². The van der Waals surface area contributed by atoms with Crippen LogP contribution in [0.1, 0.15) is 74.1 Å². The van der Waals surface area contributed by atoms with Crippen LogP contribution in [0, 0.1) is 5.92 Å². The van der Waals surface area contributed by atoms with E-state index in [0.29, 0.717) is 37.2 Å². The number of hydrogen-bond donors (Lipinski definition) is 0. The normalized spacial score (nSPS) is 15.6. The summed E-state index contributed by atoms with van der Waals surface area (Å²) in [5, 5.41) is 0. The zero-order valence-electron chi connectivity index (χ0n) is 22.3. The Labute approximate surface area is 205 Å². The van der Waals surface area contributed by atoms with Crippen LogP contribution in [0.5, 0.6) is 0 Å². The van der Waals surface area contributed by atoms with Gasteiger partial charge in [-0.05, 0) is 41.0 Å². The second kappa shape index (κ2) is 16.8. The van der Waals surface area contributed by atoms with E-state index in [4.69, 9.17) is 28.4 Å². The highest BCUT2D eigenvalue weighted by Gasteiger charge is 2.40. The first kappa shape index (κ1) is 32.3. The molecule has 0 aromatic rings. The quantitative estimate of drug-likeness (QED) is 0.103. The fourth-order valence-corrected chi connectivity index (χ4v) is 3.49. The molecule has 8 nitrogen and oxygen atoms in total. The first-order valence-electron chi connectivity index (χ1n) is 12.2. The average molecular weight is 487 g/mol. The van der Waals surface area contributed by atoms with Crippen molar-refractivity contribution in [2.24, 2.45) is 5.92 Å². The van der Waals surface area contributed by atoms with Gasteiger partial charge in [0.05, 0.1) is 13.2 Å². The standard InChI is InChI=1S/C26H46O8/c1-10-13-22(8)26(32-12-3,34-19-17-30-24(28)21(6)7)15-14-25(9,31-11-2)33-18-16-29-23(27)20(4)5/h22H,4,6,10-19H2,1-3,5,7-9H3. The van der Waals surface area contributed by atoms with Crippen LogP contribution in [0.2, 0.25) is 0 Å². The van der Waals surface area contributed by atoms with E-state index in [1.54, 1.807) is 13.8 Å². The molecule has 0 saturated heterocycles. The van der Waals surface area contributed by atoms with Gasteiger partial charge < -0.3 is 28.4 Å². The number of rotatable bonds is 20. The largest absolute Gasteiger partial charge is 0.460 e. The second-order valence-corrected chi connectivity index (χ2v) is 8.53. The number of carbonyl (C=O) groups is 2. The molecule has 0 aromatic carbocycles. The van der Waals surface area contributed by atoms with E-state index >= 15 is 0 Å². The molecule has 0 rings (SSSR count). The van der Waals surface area contributed by atoms with E-state index in [2.05, 4.69) is 27.0 Å². The van der Waals surface area contributed by atoms with Crippen LogP contribution in [-0.2, 0) is 38.0 Å². The Bertz CT molecular complexity index is 647. The van der Waals surface area contributed by atoms with Crippen molar-refractivity contribution in [3.8, 4) is 0 Å². The Hall–Kier alpha value is -1.74. The van der Waals surface area contributed by atoms with Crippen LogP contribution < -0.4 is 0 Å². The first-order chi connectivity index (χ1) is 16.0. The minimum absolute atomic E-state index is 0.0803. The van der Waals surface area contributed by atoms with E-state index in [0.717, 1.165) is 12.8 Å². The van der Waals surface area contributed by atoms with Gasteiger partial charge in [0.25, 0.3) is 0 Å². The van der Waals surface area contributed by atoms with Crippen molar-refractivity contribution in [2.75, 3.05) is 39.6 Å². The van der Waals surface area contributed by atoms with Crippen molar-refractivity contribution in [2.45, 2.75) is 85.7 Å². The van der Waals surface area contributed by atoms with Crippen molar-refractivity contribution in [3.63, 3.8) is 0 Å². The van der Waals surface area contributed by atoms with Crippen LogP contribution in [0.15, 0.2) is 24.3 Å². The zero-order chi connectivity index (χ0) is 26.2. The molecule has 0 aliphatic rings. The Morgan fingerprint density at radius 2 is 1.26 bits per heavy atom. The molecule has 0 N–H and O–H groups in total. The van der Waals surface area contributed by atoms with E-state index < -0.39 is 23.5 Å². The molecule has 0 amide bonds. The lowest BCUT2D eigenvalue weighted by molar-refractivity contribution is -0.290. The lowest BCUT2D eigenvalue weighted by Crippen LogP contribution is -2.46. The first-order valence-corrected chi connectivity index (χ1v) is 12.2. The topological polar surface area (TPSA) is 89.5 Å². The summed E-state index contributed by atoms with van der Waals surface area (Å²) >= 11 is 0. The summed E-state index contributed by atoms with van der Waals surface area (Å²) in [5.74, 6) is -2.64. The van der Waals surface area contributed by atoms with Crippen molar-refractivity contribution in [3.05, 3.63) is 24.3 Å². The molecule has 8 heteroatoms. The summed E-state index contributed by atoms with van der Waals surface area (Å²) in [6.45, 7) is 21.7. The monoisotopic (exact) mass is 486 g/mol. The number of hydrogen-bond acceptors (Lipinski definition) is 8. The Kier molecular flexibility index (Phi) is 16.0. The molecule has 0 aliphatic carbocycles. The molecule has 0 radical (unpaired) electrons. The minimum atomic E-state index is -0.922. The summed E-state index contributed by atoms with van der Waals surface area (Å²) in [7, 11) is 0. The van der Waals surface area contributed by atoms with Gasteiger partial charge in [-0.25, -0.2) is 9.59 Å². The van der Waals surface area contributed by atoms with Crippen LogP contribution in [-0.4, -0.2) is 63.2 Å². The molecule has 0 aromatic heterocycles. The van der Waals surface area contributed by atoms with Gasteiger partial charge in [-0.1, -0.05) is 33.4 Å². The third-order valence-corrected chi connectivity index (χ3v) is 5.32. The molecule has 0 heterocycles. The summed E-state index contributed by atoms with van der Waals surface area (Å²) in [5.41, 5.74) is 0.680. The predicted molar refractivity (Wildman–Crippen MR) is 131 cm³/mol. The zero-order valence-corrected chi connectivity index (χ0v) is 22.3. The van der Waals surface area contributed by atoms with Gasteiger partial charge in [-0.2, -0.15) is 0 Å². The van der Waals surface area contributed by atoms with E-state index in [-0.39, 0.29) is 32.3 Å². The highest BCUT2D eigenvalue weighted by molar-refractivity contribution is 5.87. The third-order valence-electron chi connectivity index (χ3n) is 5.32. The van der Waals surface area contributed by atoms with Gasteiger partial charge in [-0.3, -0.25) is 0 Å². The van der Waals surface area contributed by atoms with Gasteiger partial charge in [0.2, 0.25) is 0 Å². The van der Waals surface area contributed by atoms with Crippen molar-refractivity contribution < 1.29 is 38.0 Å². The molecular weight excluding hydrogens is 440 g/mol. The molecule has 0 spiro atoms. The fourth-order valence-electron chi connectivity index (χ4n) is 3.49. The van der Waals surface area contributed by atoms with Gasteiger partial charge in [-0.15, -0.1) is 0 Å². The molecule has 0 saturated carbocycles. The molecule has 198 valence electrons. The second-order valence-electron chi connectivity index (χ2n) is 8.53. The lowest BCUT2D eigenvalue weighted by atomic mass is 9.90. The highest BCUT2D eigenvalue weighted by atomic mass is 16.7. The maximum atomic E-state index is 11.7. The molecule has 0 bridgehead atoms. The van der Waals surface area contributed by atoms with Crippen LogP contribution >= 0.6 is 0 Å². The van der Waals surface area contributed by atoms with Gasteiger partial charge in [0.1, 0.15) is 13.2 Å². The average Bonchev–Trinajstić information content (AvgIpc) is 2.77. The SMILES string of the molecule is C=C(C)C(=O)OCCOC(C)(CCC(OCC)(OCCOC(=O)C(=C)C)C(C)CCC)OCC. The van der Waals surface area contributed by atoms with Crippen LogP contribution in [0.25, 0.3) is 0 Å². The molecular formula is C26H46O8. The van der Waals surface area contributed by atoms with Gasteiger partial charge >= 0.3 is 11.9 Å². The molecule has 0 aliphatic heterocycles. The number of carbonyl (C=O) groups excluding carboxylic acids is 2. The van der Waals surface area contributed by atoms with Crippen LogP contribution in [0.3, 0.4) is 0 Å². The maximum Gasteiger partial charge on any atom is 0.333 e. The molecule has 34 heavy (non-hydrogen) atoms. The Balaban J connectivity index is 5.29. The van der Waals surface area contributed by atoms with Gasteiger partial charge in [0.15, 0.2) is 11.6 Å². The summed E-state index contributed by atoms with van der Waals surface area (Å²) in [6.07, 6.45) is 2.85. The van der Waals surface area contributed by atoms with E-state index in [1.165, 1.54) is 0 Å². The van der Waals surface area contributed by atoms with Crippen molar-refractivity contribution in [1.82, 2.24) is 0 Å². The van der Waals surface area contributed by atoms with E-state index in [1.807, 2.05) is 20.8 Å². The molecule has 0 fully saturated rings. The lowest BCUT2D eigenvalue weighted by Gasteiger charge is -2.41. The number of ether oxygens (including phenoxy) is 6. The predicted octanol–water partition coefficient (Wildman–Crippen LogP) is 4.96. The van der Waals surface area contributed by atoms with Crippen molar-refractivity contribution >= 4 is 11.9 Å². The third kappa shape index (κ3) is 12.1. The Morgan fingerprint density at radius 3 is 1.71 bits per heavy atom. The smallest absolute Gasteiger partial charge is 0.333 e. The molecule has 3 unspecified atom stereocenters. The van der Waals surface area contributed by atoms with Crippen LogP contribution in [0.4, 0.5) is 0 Å². The highest BCUT2D eigenvalue weighted by Crippen LogP contribution is 2.35. The maximum absolute atomic E-state index is 11.7. The Morgan fingerprint density at radius 1 is 0.765 bits per heavy atom. The fraction of sp³-hybridized carbons (Fsp3) is 0.769. The molecule has 3 atom stereocenters.